The second-order valence-electron chi connectivity index (χ2n) is 4.45. The van der Waals surface area contributed by atoms with Gasteiger partial charge in [0.1, 0.15) is 5.75 Å². The lowest BCUT2D eigenvalue weighted by Crippen LogP contribution is -2.08. The molecule has 0 saturated heterocycles. The highest BCUT2D eigenvalue weighted by atomic mass is 16.5. The van der Waals surface area contributed by atoms with Crippen molar-refractivity contribution < 1.29 is 14.3 Å². The maximum absolute atomic E-state index is 11.4. The predicted molar refractivity (Wildman–Crippen MR) is 72.0 cm³/mol. The van der Waals surface area contributed by atoms with Gasteiger partial charge in [-0.1, -0.05) is 20.3 Å². The van der Waals surface area contributed by atoms with Gasteiger partial charge in [-0.3, -0.25) is 0 Å². The van der Waals surface area contributed by atoms with Crippen molar-refractivity contribution in [2.75, 3.05) is 13.2 Å². The number of ether oxygens (including phenoxy) is 2. The average Bonchev–Trinajstić information content (AvgIpc) is 2.37. The van der Waals surface area contributed by atoms with Crippen molar-refractivity contribution in [3.05, 3.63) is 29.8 Å². The molecule has 0 aromatic heterocycles. The monoisotopic (exact) mass is 250 g/mol. The van der Waals surface area contributed by atoms with Gasteiger partial charge in [0, 0.05) is 0 Å². The summed E-state index contributed by atoms with van der Waals surface area (Å²) in [4.78, 5) is 11.4. The molecule has 1 atom stereocenters. The Morgan fingerprint density at radius 1 is 1.22 bits per heavy atom. The SMILES string of the molecule is CCCC(C)COc1ccc(C(=O)OCC)cc1. The highest BCUT2D eigenvalue weighted by Crippen LogP contribution is 2.15. The van der Waals surface area contributed by atoms with E-state index in [1.807, 2.05) is 12.1 Å². The molecule has 0 fully saturated rings. The second kappa shape index (κ2) is 7.75. The van der Waals surface area contributed by atoms with Gasteiger partial charge in [-0.2, -0.15) is 0 Å². The van der Waals surface area contributed by atoms with Gasteiger partial charge in [-0.05, 0) is 43.5 Å². The summed E-state index contributed by atoms with van der Waals surface area (Å²) in [6.07, 6.45) is 2.34. The Hall–Kier alpha value is -1.51. The van der Waals surface area contributed by atoms with E-state index in [0.717, 1.165) is 5.75 Å². The Kier molecular flexibility index (Phi) is 6.26. The van der Waals surface area contributed by atoms with Gasteiger partial charge in [0.25, 0.3) is 0 Å². The molecular formula is C15H22O3. The molecule has 0 spiro atoms. The summed E-state index contributed by atoms with van der Waals surface area (Å²) in [7, 11) is 0. The van der Waals surface area contributed by atoms with E-state index in [2.05, 4.69) is 13.8 Å². The molecule has 0 heterocycles. The first-order valence-corrected chi connectivity index (χ1v) is 6.57. The van der Waals surface area contributed by atoms with Crippen LogP contribution < -0.4 is 4.74 Å². The van der Waals surface area contributed by atoms with Gasteiger partial charge >= 0.3 is 5.97 Å². The van der Waals surface area contributed by atoms with E-state index in [1.54, 1.807) is 19.1 Å². The van der Waals surface area contributed by atoms with Crippen LogP contribution >= 0.6 is 0 Å². The largest absolute Gasteiger partial charge is 0.493 e. The lowest BCUT2D eigenvalue weighted by atomic mass is 10.1. The molecule has 1 aromatic rings. The standard InChI is InChI=1S/C15H22O3/c1-4-6-12(3)11-18-14-9-7-13(8-10-14)15(16)17-5-2/h7-10,12H,4-6,11H2,1-3H3. The third-order valence-corrected chi connectivity index (χ3v) is 2.68. The average molecular weight is 250 g/mol. The summed E-state index contributed by atoms with van der Waals surface area (Å²) in [6, 6.07) is 7.09. The molecule has 1 unspecified atom stereocenters. The summed E-state index contributed by atoms with van der Waals surface area (Å²) in [5.41, 5.74) is 0.561. The summed E-state index contributed by atoms with van der Waals surface area (Å²) >= 11 is 0. The Balaban J connectivity index is 2.47. The van der Waals surface area contributed by atoms with Gasteiger partial charge in [0.2, 0.25) is 0 Å². The first kappa shape index (κ1) is 14.6. The van der Waals surface area contributed by atoms with Gasteiger partial charge in [-0.15, -0.1) is 0 Å². The molecule has 0 aliphatic carbocycles. The van der Waals surface area contributed by atoms with E-state index in [1.165, 1.54) is 12.8 Å². The van der Waals surface area contributed by atoms with Crippen LogP contribution in [0.25, 0.3) is 0 Å². The van der Waals surface area contributed by atoms with Crippen molar-refractivity contribution in [2.24, 2.45) is 5.92 Å². The van der Waals surface area contributed by atoms with Gasteiger partial charge in [0.15, 0.2) is 0 Å². The molecule has 3 heteroatoms. The number of benzene rings is 1. The first-order chi connectivity index (χ1) is 8.67. The van der Waals surface area contributed by atoms with Crippen molar-refractivity contribution in [2.45, 2.75) is 33.6 Å². The van der Waals surface area contributed by atoms with Crippen LogP contribution in [0.2, 0.25) is 0 Å². The minimum absolute atomic E-state index is 0.289. The summed E-state index contributed by atoms with van der Waals surface area (Å²) in [6.45, 7) is 7.25. The zero-order valence-corrected chi connectivity index (χ0v) is 11.4. The highest BCUT2D eigenvalue weighted by molar-refractivity contribution is 5.89. The van der Waals surface area contributed by atoms with E-state index in [0.29, 0.717) is 24.7 Å². The van der Waals surface area contributed by atoms with E-state index < -0.39 is 0 Å². The van der Waals surface area contributed by atoms with E-state index >= 15 is 0 Å². The smallest absolute Gasteiger partial charge is 0.338 e. The predicted octanol–water partition coefficient (Wildman–Crippen LogP) is 3.68. The first-order valence-electron chi connectivity index (χ1n) is 6.57. The Labute approximate surface area is 109 Å². The van der Waals surface area contributed by atoms with Crippen molar-refractivity contribution >= 4 is 5.97 Å². The quantitative estimate of drug-likeness (QED) is 0.692. The summed E-state index contributed by atoms with van der Waals surface area (Å²) < 4.78 is 10.6. The number of esters is 1. The van der Waals surface area contributed by atoms with Gasteiger partial charge < -0.3 is 9.47 Å². The molecule has 0 bridgehead atoms. The van der Waals surface area contributed by atoms with Gasteiger partial charge in [0.05, 0.1) is 18.8 Å². The third-order valence-electron chi connectivity index (χ3n) is 2.68. The zero-order chi connectivity index (χ0) is 13.4. The molecule has 0 aliphatic heterocycles. The van der Waals surface area contributed by atoms with Gasteiger partial charge in [-0.25, -0.2) is 4.79 Å². The van der Waals surface area contributed by atoms with Crippen molar-refractivity contribution in [1.29, 1.82) is 0 Å². The molecule has 18 heavy (non-hydrogen) atoms. The fourth-order valence-electron chi connectivity index (χ4n) is 1.72. The van der Waals surface area contributed by atoms with Crippen LogP contribution in [0.3, 0.4) is 0 Å². The lowest BCUT2D eigenvalue weighted by Gasteiger charge is -2.12. The van der Waals surface area contributed by atoms with Crippen molar-refractivity contribution in [3.8, 4) is 5.75 Å². The molecule has 1 rings (SSSR count). The molecule has 100 valence electrons. The maximum Gasteiger partial charge on any atom is 0.338 e. The lowest BCUT2D eigenvalue weighted by molar-refractivity contribution is 0.0526. The number of hydrogen-bond donors (Lipinski definition) is 0. The van der Waals surface area contributed by atoms with Crippen LogP contribution in [0.5, 0.6) is 5.75 Å². The minimum atomic E-state index is -0.289. The topological polar surface area (TPSA) is 35.5 Å². The van der Waals surface area contributed by atoms with Crippen LogP contribution in [-0.4, -0.2) is 19.2 Å². The van der Waals surface area contributed by atoms with Crippen molar-refractivity contribution in [1.82, 2.24) is 0 Å². The Bertz CT molecular complexity index is 357. The van der Waals surface area contributed by atoms with E-state index in [4.69, 9.17) is 9.47 Å². The van der Waals surface area contributed by atoms with Crippen LogP contribution in [0.1, 0.15) is 44.0 Å². The Morgan fingerprint density at radius 2 is 1.89 bits per heavy atom. The van der Waals surface area contributed by atoms with Crippen LogP contribution in [-0.2, 0) is 4.74 Å². The van der Waals surface area contributed by atoms with Crippen LogP contribution in [0, 0.1) is 5.92 Å². The van der Waals surface area contributed by atoms with Crippen molar-refractivity contribution in [3.63, 3.8) is 0 Å². The number of hydrogen-bond acceptors (Lipinski definition) is 3. The molecule has 1 aromatic carbocycles. The molecule has 0 N–H and O–H groups in total. The number of carbonyl (C=O) groups excluding carboxylic acids is 1. The maximum atomic E-state index is 11.4. The molecule has 0 amide bonds. The number of carbonyl (C=O) groups is 1. The fourth-order valence-corrected chi connectivity index (χ4v) is 1.72. The van der Waals surface area contributed by atoms with Crippen LogP contribution in [0.4, 0.5) is 0 Å². The minimum Gasteiger partial charge on any atom is -0.493 e. The van der Waals surface area contributed by atoms with Crippen LogP contribution in [0.15, 0.2) is 24.3 Å². The zero-order valence-electron chi connectivity index (χ0n) is 11.4. The Morgan fingerprint density at radius 3 is 2.44 bits per heavy atom. The molecule has 0 aliphatic rings. The van der Waals surface area contributed by atoms with E-state index in [-0.39, 0.29) is 5.97 Å². The summed E-state index contributed by atoms with van der Waals surface area (Å²) in [5.74, 6) is 1.06. The molecule has 0 radical (unpaired) electrons. The van der Waals surface area contributed by atoms with E-state index in [9.17, 15) is 4.79 Å². The third kappa shape index (κ3) is 4.78. The summed E-state index contributed by atoms with van der Waals surface area (Å²) in [5, 5.41) is 0. The molecule has 0 saturated carbocycles. The number of rotatable bonds is 7. The molecule has 3 nitrogen and oxygen atoms in total. The normalized spacial score (nSPS) is 11.9. The molecular weight excluding hydrogens is 228 g/mol. The fraction of sp³-hybridized carbons (Fsp3) is 0.533. The second-order valence-corrected chi connectivity index (χ2v) is 4.45. The highest BCUT2D eigenvalue weighted by Gasteiger charge is 2.06.